The Morgan fingerprint density at radius 3 is 2.38 bits per heavy atom. The first kappa shape index (κ1) is 21.4. The van der Waals surface area contributed by atoms with Crippen molar-refractivity contribution in [2.24, 2.45) is 0 Å². The average Bonchev–Trinajstić information content (AvgIpc) is 2.76. The maximum absolute atomic E-state index is 5.96. The van der Waals surface area contributed by atoms with E-state index in [4.69, 9.17) is 9.47 Å². The third-order valence-electron chi connectivity index (χ3n) is 5.39. The second kappa shape index (κ2) is 11.6. The minimum Gasteiger partial charge on any atom is -0.493 e. The molecule has 3 rings (SSSR count). The molecule has 2 aromatic rings. The fraction of sp³-hybridized carbons (Fsp3) is 0.440. The van der Waals surface area contributed by atoms with Gasteiger partial charge in [-0.15, -0.1) is 0 Å². The lowest BCUT2D eigenvalue weighted by Crippen LogP contribution is -2.46. The van der Waals surface area contributed by atoms with Crippen LogP contribution in [-0.4, -0.2) is 56.2 Å². The van der Waals surface area contributed by atoms with Crippen molar-refractivity contribution in [2.75, 3.05) is 46.4 Å². The van der Waals surface area contributed by atoms with Crippen molar-refractivity contribution in [3.05, 3.63) is 65.7 Å². The van der Waals surface area contributed by atoms with Crippen molar-refractivity contribution in [1.82, 2.24) is 9.80 Å². The zero-order valence-electron chi connectivity index (χ0n) is 17.8. The Kier molecular flexibility index (Phi) is 8.59. The Balaban J connectivity index is 1.31. The minimum absolute atomic E-state index is 0.729. The molecule has 0 spiro atoms. The standard InChI is InChI=1S/C25H34N2O2/c1-3-9-22-12-13-24(25(20-22)28-2)29-19-8-7-14-26-15-17-27(18-16-26)21-23-10-5-4-6-11-23/h3-6,9-13,20H,7-8,14-19,21H2,1-2H3/b9-3+. The number of unbranched alkanes of at least 4 members (excludes halogenated alkanes) is 1. The molecule has 1 aliphatic heterocycles. The van der Waals surface area contributed by atoms with Crippen molar-refractivity contribution in [1.29, 1.82) is 0 Å². The Morgan fingerprint density at radius 2 is 1.66 bits per heavy atom. The maximum Gasteiger partial charge on any atom is 0.161 e. The highest BCUT2D eigenvalue weighted by Gasteiger charge is 2.16. The van der Waals surface area contributed by atoms with E-state index in [0.29, 0.717) is 0 Å². The normalized spacial score (nSPS) is 15.7. The second-order valence-corrected chi connectivity index (χ2v) is 7.57. The molecule has 0 amide bonds. The van der Waals surface area contributed by atoms with Gasteiger partial charge in [0.1, 0.15) is 0 Å². The van der Waals surface area contributed by atoms with E-state index in [9.17, 15) is 0 Å². The van der Waals surface area contributed by atoms with E-state index < -0.39 is 0 Å². The van der Waals surface area contributed by atoms with Gasteiger partial charge in [-0.05, 0) is 49.6 Å². The predicted octanol–water partition coefficient (Wildman–Crippen LogP) is 4.71. The summed E-state index contributed by atoms with van der Waals surface area (Å²) in [6, 6.07) is 16.8. The van der Waals surface area contributed by atoms with Crippen LogP contribution in [0.15, 0.2) is 54.6 Å². The summed E-state index contributed by atoms with van der Waals surface area (Å²) >= 11 is 0. The van der Waals surface area contributed by atoms with Gasteiger partial charge in [0, 0.05) is 32.7 Å². The van der Waals surface area contributed by atoms with Crippen molar-refractivity contribution in [3.8, 4) is 11.5 Å². The van der Waals surface area contributed by atoms with Gasteiger partial charge in [-0.1, -0.05) is 48.6 Å². The zero-order chi connectivity index (χ0) is 20.3. The molecular formula is C25H34N2O2. The van der Waals surface area contributed by atoms with Crippen LogP contribution in [0, 0.1) is 0 Å². The van der Waals surface area contributed by atoms with Gasteiger partial charge < -0.3 is 14.4 Å². The number of ether oxygens (including phenoxy) is 2. The lowest BCUT2D eigenvalue weighted by atomic mass is 10.2. The van der Waals surface area contributed by atoms with E-state index in [2.05, 4.69) is 52.3 Å². The average molecular weight is 395 g/mol. The third kappa shape index (κ3) is 6.91. The van der Waals surface area contributed by atoms with Crippen molar-refractivity contribution in [3.63, 3.8) is 0 Å². The summed E-state index contributed by atoms with van der Waals surface area (Å²) in [4.78, 5) is 5.13. The largest absolute Gasteiger partial charge is 0.493 e. The number of nitrogens with zero attached hydrogens (tertiary/aromatic N) is 2. The number of rotatable bonds is 10. The van der Waals surface area contributed by atoms with Crippen LogP contribution in [0.1, 0.15) is 30.9 Å². The quantitative estimate of drug-likeness (QED) is 0.545. The smallest absolute Gasteiger partial charge is 0.161 e. The molecule has 0 atom stereocenters. The van der Waals surface area contributed by atoms with Crippen molar-refractivity contribution < 1.29 is 9.47 Å². The first-order valence-electron chi connectivity index (χ1n) is 10.7. The number of hydrogen-bond acceptors (Lipinski definition) is 4. The maximum atomic E-state index is 5.96. The minimum atomic E-state index is 0.729. The van der Waals surface area contributed by atoms with Crippen LogP contribution in [-0.2, 0) is 6.54 Å². The monoisotopic (exact) mass is 394 g/mol. The van der Waals surface area contributed by atoms with E-state index in [1.54, 1.807) is 7.11 Å². The molecule has 1 aliphatic rings. The molecule has 1 saturated heterocycles. The van der Waals surface area contributed by atoms with Gasteiger partial charge in [0.25, 0.3) is 0 Å². The lowest BCUT2D eigenvalue weighted by molar-refractivity contribution is 0.124. The Hall–Kier alpha value is -2.30. The first-order valence-corrected chi connectivity index (χ1v) is 10.7. The van der Waals surface area contributed by atoms with Crippen LogP contribution < -0.4 is 9.47 Å². The molecule has 4 heteroatoms. The highest BCUT2D eigenvalue weighted by Crippen LogP contribution is 2.28. The summed E-state index contributed by atoms with van der Waals surface area (Å²) in [6.07, 6.45) is 6.31. The molecule has 29 heavy (non-hydrogen) atoms. The summed E-state index contributed by atoms with van der Waals surface area (Å²) in [5.41, 5.74) is 2.54. The zero-order valence-corrected chi connectivity index (χ0v) is 17.8. The molecule has 0 N–H and O–H groups in total. The number of piperazine rings is 1. The van der Waals surface area contributed by atoms with E-state index in [0.717, 1.165) is 75.8 Å². The van der Waals surface area contributed by atoms with Gasteiger partial charge >= 0.3 is 0 Å². The molecule has 1 fully saturated rings. The third-order valence-corrected chi connectivity index (χ3v) is 5.39. The molecule has 0 bridgehead atoms. The van der Waals surface area contributed by atoms with Gasteiger partial charge in [-0.25, -0.2) is 0 Å². The topological polar surface area (TPSA) is 24.9 Å². The van der Waals surface area contributed by atoms with Crippen molar-refractivity contribution >= 4 is 6.08 Å². The molecule has 4 nitrogen and oxygen atoms in total. The Morgan fingerprint density at radius 1 is 0.897 bits per heavy atom. The van der Waals surface area contributed by atoms with Gasteiger partial charge in [-0.3, -0.25) is 4.90 Å². The summed E-state index contributed by atoms with van der Waals surface area (Å²) in [6.45, 7) is 9.59. The Bertz CT molecular complexity index is 753. The molecule has 156 valence electrons. The SMILES string of the molecule is C/C=C/c1ccc(OCCCCN2CCN(Cc3ccccc3)CC2)c(OC)c1. The summed E-state index contributed by atoms with van der Waals surface area (Å²) in [5.74, 6) is 1.63. The van der Waals surface area contributed by atoms with Crippen LogP contribution in [0.25, 0.3) is 6.08 Å². The molecule has 0 radical (unpaired) electrons. The molecule has 0 unspecified atom stereocenters. The van der Waals surface area contributed by atoms with E-state index in [1.807, 2.05) is 25.1 Å². The Labute approximate surface area is 175 Å². The second-order valence-electron chi connectivity index (χ2n) is 7.57. The van der Waals surface area contributed by atoms with Crippen LogP contribution in [0.2, 0.25) is 0 Å². The van der Waals surface area contributed by atoms with Gasteiger partial charge in [0.15, 0.2) is 11.5 Å². The van der Waals surface area contributed by atoms with E-state index >= 15 is 0 Å². The van der Waals surface area contributed by atoms with Gasteiger partial charge in [0.2, 0.25) is 0 Å². The highest BCUT2D eigenvalue weighted by molar-refractivity contribution is 5.55. The van der Waals surface area contributed by atoms with Crippen LogP contribution in [0.3, 0.4) is 0 Å². The van der Waals surface area contributed by atoms with Gasteiger partial charge in [0.05, 0.1) is 13.7 Å². The number of hydrogen-bond donors (Lipinski definition) is 0. The van der Waals surface area contributed by atoms with Crippen molar-refractivity contribution in [2.45, 2.75) is 26.3 Å². The number of allylic oxidation sites excluding steroid dienone is 1. The van der Waals surface area contributed by atoms with E-state index in [1.165, 1.54) is 5.56 Å². The lowest BCUT2D eigenvalue weighted by Gasteiger charge is -2.34. The summed E-state index contributed by atoms with van der Waals surface area (Å²) < 4.78 is 11.4. The van der Waals surface area contributed by atoms with Crippen LogP contribution >= 0.6 is 0 Å². The van der Waals surface area contributed by atoms with E-state index in [-0.39, 0.29) is 0 Å². The molecule has 1 heterocycles. The molecule has 2 aromatic carbocycles. The summed E-state index contributed by atoms with van der Waals surface area (Å²) in [7, 11) is 1.69. The molecular weight excluding hydrogens is 360 g/mol. The first-order chi connectivity index (χ1) is 14.3. The van der Waals surface area contributed by atoms with Gasteiger partial charge in [-0.2, -0.15) is 0 Å². The highest BCUT2D eigenvalue weighted by atomic mass is 16.5. The fourth-order valence-electron chi connectivity index (χ4n) is 3.73. The molecule has 0 aromatic heterocycles. The number of benzene rings is 2. The van der Waals surface area contributed by atoms with Crippen LogP contribution in [0.4, 0.5) is 0 Å². The molecule has 0 saturated carbocycles. The van der Waals surface area contributed by atoms with Crippen LogP contribution in [0.5, 0.6) is 11.5 Å². The number of methoxy groups -OCH3 is 1. The summed E-state index contributed by atoms with van der Waals surface area (Å²) in [5, 5.41) is 0. The fourth-order valence-corrected chi connectivity index (χ4v) is 3.73. The predicted molar refractivity (Wildman–Crippen MR) is 121 cm³/mol. The molecule has 0 aliphatic carbocycles.